The van der Waals surface area contributed by atoms with Crippen LogP contribution in [0, 0.1) is 12.8 Å². The Kier molecular flexibility index (Phi) is 4.07. The zero-order valence-electron chi connectivity index (χ0n) is 15.3. The van der Waals surface area contributed by atoms with E-state index >= 15 is 0 Å². The largest absolute Gasteiger partial charge is 0.355 e. The van der Waals surface area contributed by atoms with Gasteiger partial charge in [0, 0.05) is 37.0 Å². The molecule has 8 heteroatoms. The number of fused-ring (bicyclic) bond motifs is 2. The minimum absolute atomic E-state index is 0.127. The Morgan fingerprint density at radius 1 is 1.15 bits per heavy atom. The molecule has 0 radical (unpaired) electrons. The number of carbonyl (C=O) groups excluding carboxylic acids is 1. The molecule has 0 atom stereocenters. The highest BCUT2D eigenvalue weighted by molar-refractivity contribution is 7.10. The molecule has 3 aromatic rings. The highest BCUT2D eigenvalue weighted by Gasteiger charge is 2.31. The number of piperidine rings is 1. The van der Waals surface area contributed by atoms with Crippen molar-refractivity contribution >= 4 is 28.7 Å². The lowest BCUT2D eigenvalue weighted by Gasteiger charge is -2.36. The molecule has 3 aromatic heterocycles. The van der Waals surface area contributed by atoms with Gasteiger partial charge in [-0.2, -0.15) is 4.52 Å². The number of nitrogens with zero attached hydrogens (tertiary/aromatic N) is 6. The Morgan fingerprint density at radius 2 is 2.00 bits per heavy atom. The topological polar surface area (TPSA) is 66.6 Å². The van der Waals surface area contributed by atoms with Crippen molar-refractivity contribution in [3.63, 3.8) is 0 Å². The quantitative estimate of drug-likeness (QED) is 0.680. The molecule has 0 aromatic carbocycles. The number of carbonyl (C=O) groups is 1. The Bertz CT molecular complexity index is 987. The minimum Gasteiger partial charge on any atom is -0.355 e. The van der Waals surface area contributed by atoms with Crippen molar-refractivity contribution in [3.05, 3.63) is 39.8 Å². The van der Waals surface area contributed by atoms with E-state index in [1.165, 1.54) is 10.4 Å². The number of hydrogen-bond acceptors (Lipinski definition) is 6. The van der Waals surface area contributed by atoms with Crippen molar-refractivity contribution in [2.45, 2.75) is 32.7 Å². The Morgan fingerprint density at radius 3 is 2.85 bits per heavy atom. The molecule has 5 rings (SSSR count). The molecule has 1 fully saturated rings. The second-order valence-electron chi connectivity index (χ2n) is 7.35. The summed E-state index contributed by atoms with van der Waals surface area (Å²) in [7, 11) is 0. The van der Waals surface area contributed by atoms with Crippen molar-refractivity contribution < 1.29 is 4.79 Å². The van der Waals surface area contributed by atoms with Crippen molar-refractivity contribution in [1.82, 2.24) is 24.7 Å². The molecule has 2 aliphatic heterocycles. The fourth-order valence-electron chi connectivity index (χ4n) is 4.11. The smallest absolute Gasteiger partial charge is 0.226 e. The van der Waals surface area contributed by atoms with Gasteiger partial charge in [-0.25, -0.2) is 0 Å². The monoisotopic (exact) mass is 382 g/mol. The van der Waals surface area contributed by atoms with E-state index in [1.807, 2.05) is 30.4 Å². The molecule has 0 bridgehead atoms. The third kappa shape index (κ3) is 2.97. The second kappa shape index (κ2) is 6.60. The van der Waals surface area contributed by atoms with Gasteiger partial charge >= 0.3 is 0 Å². The molecule has 1 saturated heterocycles. The van der Waals surface area contributed by atoms with Gasteiger partial charge in [-0.3, -0.25) is 4.79 Å². The van der Waals surface area contributed by atoms with Gasteiger partial charge in [-0.1, -0.05) is 0 Å². The number of aryl methyl sites for hydroxylation is 1. The van der Waals surface area contributed by atoms with E-state index in [2.05, 4.69) is 36.5 Å². The molecule has 1 amide bonds. The van der Waals surface area contributed by atoms with Gasteiger partial charge in [0.1, 0.15) is 5.82 Å². The third-order valence-electron chi connectivity index (χ3n) is 5.69. The molecule has 2 aliphatic rings. The molecular formula is C19H22N6OS. The average molecular weight is 382 g/mol. The van der Waals surface area contributed by atoms with Crippen LogP contribution in [-0.4, -0.2) is 50.3 Å². The summed E-state index contributed by atoms with van der Waals surface area (Å²) in [4.78, 5) is 18.7. The van der Waals surface area contributed by atoms with Crippen molar-refractivity contribution in [2.24, 2.45) is 5.92 Å². The number of amides is 1. The summed E-state index contributed by atoms with van der Waals surface area (Å²) in [5, 5.41) is 14.9. The number of hydrogen-bond donors (Lipinski definition) is 0. The Hall–Kier alpha value is -2.48. The van der Waals surface area contributed by atoms with Crippen molar-refractivity contribution in [2.75, 3.05) is 24.5 Å². The highest BCUT2D eigenvalue weighted by atomic mass is 32.1. The summed E-state index contributed by atoms with van der Waals surface area (Å²) in [6.45, 7) is 5.25. The third-order valence-corrected chi connectivity index (χ3v) is 6.72. The molecule has 0 aliphatic carbocycles. The Labute approximate surface area is 161 Å². The lowest BCUT2D eigenvalue weighted by molar-refractivity contribution is -0.137. The number of rotatable bonds is 2. The normalized spacial score (nSPS) is 18.1. The lowest BCUT2D eigenvalue weighted by Crippen LogP contribution is -2.44. The Balaban J connectivity index is 1.24. The maximum absolute atomic E-state index is 13.0. The molecule has 7 nitrogen and oxygen atoms in total. The van der Waals surface area contributed by atoms with Gasteiger partial charge in [-0.05, 0) is 55.3 Å². The van der Waals surface area contributed by atoms with E-state index in [4.69, 9.17) is 0 Å². The van der Waals surface area contributed by atoms with Crippen LogP contribution < -0.4 is 4.90 Å². The van der Waals surface area contributed by atoms with Crippen molar-refractivity contribution in [1.29, 1.82) is 0 Å². The maximum Gasteiger partial charge on any atom is 0.226 e. The van der Waals surface area contributed by atoms with Gasteiger partial charge in [0.05, 0.1) is 0 Å². The van der Waals surface area contributed by atoms with Crippen LogP contribution in [0.2, 0.25) is 0 Å². The summed E-state index contributed by atoms with van der Waals surface area (Å²) in [5.74, 6) is 2.17. The average Bonchev–Trinajstić information content (AvgIpc) is 3.33. The van der Waals surface area contributed by atoms with E-state index in [0.29, 0.717) is 5.91 Å². The molecule has 0 saturated carbocycles. The number of aromatic nitrogens is 4. The van der Waals surface area contributed by atoms with Crippen LogP contribution in [0.25, 0.3) is 5.65 Å². The van der Waals surface area contributed by atoms with Crippen LogP contribution in [0.15, 0.2) is 23.6 Å². The zero-order chi connectivity index (χ0) is 18.4. The number of thiophene rings is 1. The number of anilines is 1. The van der Waals surface area contributed by atoms with Crippen LogP contribution in [-0.2, 0) is 17.8 Å². The summed E-state index contributed by atoms with van der Waals surface area (Å²) in [6, 6.07) is 6.11. The van der Waals surface area contributed by atoms with Crippen LogP contribution in [0.3, 0.4) is 0 Å². The van der Waals surface area contributed by atoms with Crippen LogP contribution in [0.1, 0.15) is 29.1 Å². The van der Waals surface area contributed by atoms with E-state index in [-0.39, 0.29) is 5.92 Å². The summed E-state index contributed by atoms with van der Waals surface area (Å²) in [6.07, 6.45) is 2.76. The summed E-state index contributed by atoms with van der Waals surface area (Å²) >= 11 is 1.81. The fourth-order valence-corrected chi connectivity index (χ4v) is 5.00. The van der Waals surface area contributed by atoms with E-state index in [1.54, 1.807) is 4.52 Å². The van der Waals surface area contributed by atoms with E-state index in [9.17, 15) is 4.79 Å². The van der Waals surface area contributed by atoms with Gasteiger partial charge in [0.2, 0.25) is 5.91 Å². The molecule has 27 heavy (non-hydrogen) atoms. The molecule has 0 N–H and O–H groups in total. The standard InChI is InChI=1S/C19H22N6OS/c1-13-20-21-17-2-3-18(22-25(13)17)23-8-4-14(5-9-23)19(26)24-10-6-16-15(12-24)7-11-27-16/h2-3,7,11,14H,4-6,8-10,12H2,1H3. The lowest BCUT2D eigenvalue weighted by atomic mass is 9.94. The first kappa shape index (κ1) is 16.7. The molecule has 0 unspecified atom stereocenters. The molecule has 140 valence electrons. The predicted molar refractivity (Wildman–Crippen MR) is 104 cm³/mol. The fraction of sp³-hybridized carbons (Fsp3) is 0.474. The van der Waals surface area contributed by atoms with Crippen LogP contribution >= 0.6 is 11.3 Å². The van der Waals surface area contributed by atoms with Gasteiger partial charge in [0.15, 0.2) is 11.5 Å². The van der Waals surface area contributed by atoms with Gasteiger partial charge in [0.25, 0.3) is 0 Å². The SMILES string of the molecule is Cc1nnc2ccc(N3CCC(C(=O)N4CCc5sccc5C4)CC3)nn12. The first-order valence-corrected chi connectivity index (χ1v) is 10.3. The first-order chi connectivity index (χ1) is 13.2. The van der Waals surface area contributed by atoms with Crippen molar-refractivity contribution in [3.8, 4) is 0 Å². The van der Waals surface area contributed by atoms with E-state index < -0.39 is 0 Å². The second-order valence-corrected chi connectivity index (χ2v) is 8.35. The van der Waals surface area contributed by atoms with Gasteiger partial charge < -0.3 is 9.80 Å². The molecular weight excluding hydrogens is 360 g/mol. The van der Waals surface area contributed by atoms with Gasteiger partial charge in [-0.15, -0.1) is 26.6 Å². The summed E-state index contributed by atoms with van der Waals surface area (Å²) < 4.78 is 1.78. The first-order valence-electron chi connectivity index (χ1n) is 9.47. The van der Waals surface area contributed by atoms with Crippen LogP contribution in [0.4, 0.5) is 5.82 Å². The summed E-state index contributed by atoms with van der Waals surface area (Å²) in [5.41, 5.74) is 2.10. The minimum atomic E-state index is 0.127. The maximum atomic E-state index is 13.0. The molecule has 0 spiro atoms. The predicted octanol–water partition coefficient (Wildman–Crippen LogP) is 2.30. The zero-order valence-corrected chi connectivity index (χ0v) is 16.2. The van der Waals surface area contributed by atoms with E-state index in [0.717, 1.165) is 62.7 Å². The molecule has 5 heterocycles. The van der Waals surface area contributed by atoms with Crippen LogP contribution in [0.5, 0.6) is 0 Å². The highest BCUT2D eigenvalue weighted by Crippen LogP contribution is 2.28.